The van der Waals surface area contributed by atoms with Gasteiger partial charge in [-0.15, -0.1) is 0 Å². The van der Waals surface area contributed by atoms with Gasteiger partial charge < -0.3 is 14.4 Å². The van der Waals surface area contributed by atoms with E-state index in [0.29, 0.717) is 53.7 Å². The van der Waals surface area contributed by atoms with Crippen molar-refractivity contribution in [2.24, 2.45) is 5.92 Å². The Balaban J connectivity index is 0.000000867. The van der Waals surface area contributed by atoms with Gasteiger partial charge in [0.2, 0.25) is 0 Å². The molecule has 0 bridgehead atoms. The van der Waals surface area contributed by atoms with Crippen molar-refractivity contribution in [2.45, 2.75) is 57.2 Å². The van der Waals surface area contributed by atoms with Crippen molar-refractivity contribution in [2.75, 3.05) is 39.9 Å². The lowest BCUT2D eigenvalue weighted by atomic mass is 9.95. The van der Waals surface area contributed by atoms with Crippen LogP contribution in [0.5, 0.6) is 5.75 Å². The van der Waals surface area contributed by atoms with Gasteiger partial charge in [0, 0.05) is 28.7 Å². The molecule has 2 heterocycles. The monoisotopic (exact) mass is 596 g/mol. The Morgan fingerprint density at radius 3 is 2.25 bits per heavy atom. The van der Waals surface area contributed by atoms with E-state index in [9.17, 15) is 13.6 Å². The van der Waals surface area contributed by atoms with E-state index in [1.807, 2.05) is 12.1 Å². The van der Waals surface area contributed by atoms with Crippen molar-refractivity contribution in [1.82, 2.24) is 9.80 Å². The van der Waals surface area contributed by atoms with E-state index in [0.717, 1.165) is 49.9 Å². The molecule has 2 unspecified atom stereocenters. The van der Waals surface area contributed by atoms with Crippen LogP contribution in [-0.4, -0.2) is 68.2 Å². The number of ether oxygens (including phenoxy) is 2. The topological polar surface area (TPSA) is 59.1 Å². The number of hydrogen-bond donors (Lipinski definition) is 0. The number of piperidine rings is 1. The molecule has 2 atom stereocenters. The van der Waals surface area contributed by atoms with Crippen molar-refractivity contribution < 1.29 is 27.8 Å². The average Bonchev–Trinajstić information content (AvgIpc) is 3.70. The molecule has 2 aliphatic heterocycles. The Bertz CT molecular complexity index is 1170. The molecule has 0 N–H and O–H groups in total. The molecule has 1 amide bonds. The van der Waals surface area contributed by atoms with E-state index < -0.39 is 17.9 Å². The second-order valence-corrected chi connectivity index (χ2v) is 11.7. The highest BCUT2D eigenvalue weighted by molar-refractivity contribution is 6.34. The van der Waals surface area contributed by atoms with E-state index in [2.05, 4.69) is 16.6 Å². The van der Waals surface area contributed by atoms with Gasteiger partial charge in [-0.2, -0.15) is 0 Å². The van der Waals surface area contributed by atoms with Crippen LogP contribution in [-0.2, 0) is 9.53 Å². The van der Waals surface area contributed by atoms with E-state index in [4.69, 9.17) is 32.7 Å². The summed E-state index contributed by atoms with van der Waals surface area (Å²) < 4.78 is 38.6. The van der Waals surface area contributed by atoms with Crippen LogP contribution < -0.4 is 4.74 Å². The predicted molar refractivity (Wildman–Crippen MR) is 152 cm³/mol. The second kappa shape index (κ2) is 14.0. The number of halogens is 4. The number of alkyl halides is 1. The SMILES string of the molecule is CC(c1cc(Cl)cc(Cl)c1)N1CCC(COc2cc(F)c(C(=O)N3CCC(F)C3)cc2C2CC2)CC1.COC=O. The molecule has 0 aromatic heterocycles. The summed E-state index contributed by atoms with van der Waals surface area (Å²) in [5.74, 6) is 0.195. The Morgan fingerprint density at radius 2 is 1.70 bits per heavy atom. The minimum absolute atomic E-state index is 0.0294. The first-order valence-electron chi connectivity index (χ1n) is 13.8. The third kappa shape index (κ3) is 7.86. The maximum Gasteiger partial charge on any atom is 0.292 e. The smallest absolute Gasteiger partial charge is 0.292 e. The number of hydrogen-bond acceptors (Lipinski definition) is 5. The number of benzene rings is 2. The molecular formula is C30H36Cl2F2N2O4. The van der Waals surface area contributed by atoms with E-state index >= 15 is 0 Å². The van der Waals surface area contributed by atoms with E-state index in [-0.39, 0.29) is 18.2 Å². The summed E-state index contributed by atoms with van der Waals surface area (Å²) in [7, 11) is 1.31. The Kier molecular flexibility index (Phi) is 10.7. The molecule has 2 aromatic rings. The second-order valence-electron chi connectivity index (χ2n) is 10.8. The first-order valence-corrected chi connectivity index (χ1v) is 14.5. The van der Waals surface area contributed by atoms with Crippen LogP contribution in [0.1, 0.15) is 72.5 Å². The number of methoxy groups -OCH3 is 1. The summed E-state index contributed by atoms with van der Waals surface area (Å²) in [4.78, 5) is 25.6. The molecule has 5 rings (SSSR count). The number of rotatable bonds is 8. The van der Waals surface area contributed by atoms with Gasteiger partial charge in [-0.1, -0.05) is 23.2 Å². The fourth-order valence-electron chi connectivity index (χ4n) is 5.39. The third-order valence-electron chi connectivity index (χ3n) is 7.90. The quantitative estimate of drug-likeness (QED) is 0.312. The summed E-state index contributed by atoms with van der Waals surface area (Å²) in [5.41, 5.74) is 2.04. The zero-order valence-corrected chi connectivity index (χ0v) is 24.4. The zero-order valence-electron chi connectivity index (χ0n) is 22.9. The van der Waals surface area contributed by atoms with Crippen molar-refractivity contribution >= 4 is 35.6 Å². The maximum atomic E-state index is 15.0. The first kappa shape index (κ1) is 30.5. The Labute approximate surface area is 244 Å². The van der Waals surface area contributed by atoms with Gasteiger partial charge in [-0.05, 0) is 99.3 Å². The highest BCUT2D eigenvalue weighted by Gasteiger charge is 2.33. The van der Waals surface area contributed by atoms with Crippen LogP contribution in [0.2, 0.25) is 10.0 Å². The minimum Gasteiger partial charge on any atom is -0.493 e. The molecular weight excluding hydrogens is 561 g/mol. The largest absolute Gasteiger partial charge is 0.493 e. The van der Waals surface area contributed by atoms with Gasteiger partial charge in [0.1, 0.15) is 17.7 Å². The number of carbonyl (C=O) groups excluding carboxylic acids is 2. The van der Waals surface area contributed by atoms with E-state index in [1.54, 1.807) is 12.1 Å². The molecule has 1 aliphatic carbocycles. The summed E-state index contributed by atoms with van der Waals surface area (Å²) in [5, 5.41) is 1.29. The fourth-order valence-corrected chi connectivity index (χ4v) is 5.93. The number of likely N-dealkylation sites (tertiary alicyclic amines) is 2. The number of carbonyl (C=O) groups is 2. The minimum atomic E-state index is -1.03. The molecule has 40 heavy (non-hydrogen) atoms. The van der Waals surface area contributed by atoms with Crippen molar-refractivity contribution in [3.8, 4) is 5.75 Å². The molecule has 10 heteroatoms. The Hall–Kier alpha value is -2.42. The standard InChI is InChI=1S/C28H32Cl2F2N2O2.C2H4O2/c1-17(20-10-21(29)12-22(30)11-20)33-7-4-18(5-8-33)16-36-27-14-26(32)25(13-24(27)19-2-3-19)28(35)34-9-6-23(31)15-34;1-4-2-3/h10-14,17-19,23H,2-9,15-16H2,1H3;2H,1H3. The molecule has 1 saturated carbocycles. The Morgan fingerprint density at radius 1 is 1.05 bits per heavy atom. The molecule has 0 spiro atoms. The molecule has 218 valence electrons. The van der Waals surface area contributed by atoms with Gasteiger partial charge in [0.05, 0.1) is 25.8 Å². The van der Waals surface area contributed by atoms with Crippen LogP contribution in [0.3, 0.4) is 0 Å². The first-order chi connectivity index (χ1) is 19.2. The maximum absolute atomic E-state index is 15.0. The summed E-state index contributed by atoms with van der Waals surface area (Å²) in [6.07, 6.45) is 3.27. The van der Waals surface area contributed by atoms with Gasteiger partial charge in [0.25, 0.3) is 12.4 Å². The highest BCUT2D eigenvalue weighted by atomic mass is 35.5. The number of nitrogens with zero attached hydrogens (tertiary/aromatic N) is 2. The normalized spacial score (nSPS) is 20.4. The van der Waals surface area contributed by atoms with E-state index in [1.165, 1.54) is 18.1 Å². The average molecular weight is 598 g/mol. The fraction of sp³-hybridized carbons (Fsp3) is 0.533. The summed E-state index contributed by atoms with van der Waals surface area (Å²) in [6.45, 7) is 5.30. The van der Waals surface area contributed by atoms with Crippen LogP contribution in [0, 0.1) is 11.7 Å². The molecule has 2 aromatic carbocycles. The third-order valence-corrected chi connectivity index (χ3v) is 8.34. The lowest BCUT2D eigenvalue weighted by Crippen LogP contribution is -2.37. The molecule has 6 nitrogen and oxygen atoms in total. The van der Waals surface area contributed by atoms with Crippen LogP contribution in [0.25, 0.3) is 0 Å². The van der Waals surface area contributed by atoms with Gasteiger partial charge >= 0.3 is 0 Å². The van der Waals surface area contributed by atoms with Crippen LogP contribution in [0.4, 0.5) is 8.78 Å². The van der Waals surface area contributed by atoms with Crippen LogP contribution in [0.15, 0.2) is 30.3 Å². The van der Waals surface area contributed by atoms with Crippen molar-refractivity contribution in [3.05, 3.63) is 62.9 Å². The van der Waals surface area contributed by atoms with Crippen LogP contribution >= 0.6 is 23.2 Å². The molecule has 3 fully saturated rings. The summed E-state index contributed by atoms with van der Waals surface area (Å²) in [6, 6.07) is 8.91. The van der Waals surface area contributed by atoms with Gasteiger partial charge in [0.15, 0.2) is 0 Å². The number of amides is 1. The lowest BCUT2D eigenvalue weighted by Gasteiger charge is -2.36. The lowest BCUT2D eigenvalue weighted by molar-refractivity contribution is -0.126. The van der Waals surface area contributed by atoms with Crippen molar-refractivity contribution in [1.29, 1.82) is 0 Å². The van der Waals surface area contributed by atoms with Crippen molar-refractivity contribution in [3.63, 3.8) is 0 Å². The molecule has 2 saturated heterocycles. The zero-order chi connectivity index (χ0) is 28.8. The summed E-state index contributed by atoms with van der Waals surface area (Å²) >= 11 is 12.4. The molecule has 0 radical (unpaired) electrons. The van der Waals surface area contributed by atoms with Gasteiger partial charge in [-0.25, -0.2) is 8.78 Å². The highest BCUT2D eigenvalue weighted by Crippen LogP contribution is 2.45. The van der Waals surface area contributed by atoms with Gasteiger partial charge in [-0.3, -0.25) is 14.5 Å². The predicted octanol–water partition coefficient (Wildman–Crippen LogP) is 6.84. The molecule has 3 aliphatic rings.